The minimum atomic E-state index is 0.250. The smallest absolute Gasteiger partial charge is 0.0549 e. The molecule has 2 heteroatoms. The standard InChI is InChI=1S/C9H7NS/c11-9-5-6-10-8-4-2-1-3-7(8)9/h1-7H. The lowest BCUT2D eigenvalue weighted by molar-refractivity contribution is 1.20. The maximum atomic E-state index is 5.15. The van der Waals surface area contributed by atoms with Crippen molar-refractivity contribution >= 4 is 22.8 Å². The molecule has 1 unspecified atom stereocenters. The monoisotopic (exact) mass is 161 g/mol. The van der Waals surface area contributed by atoms with E-state index in [9.17, 15) is 0 Å². The normalized spacial score (nSPS) is 26.7. The molecule has 2 rings (SSSR count). The molecule has 0 aromatic heterocycles. The summed E-state index contributed by atoms with van der Waals surface area (Å²) in [6.07, 6.45) is 11.7. The van der Waals surface area contributed by atoms with E-state index < -0.39 is 0 Å². The quantitative estimate of drug-likeness (QED) is 0.495. The number of hydrogen-bond donors (Lipinski definition) is 0. The van der Waals surface area contributed by atoms with Crippen LogP contribution >= 0.6 is 12.2 Å². The van der Waals surface area contributed by atoms with E-state index in [2.05, 4.69) is 11.1 Å². The van der Waals surface area contributed by atoms with Crippen LogP contribution in [0.3, 0.4) is 0 Å². The van der Waals surface area contributed by atoms with E-state index in [-0.39, 0.29) is 5.92 Å². The van der Waals surface area contributed by atoms with Crippen molar-refractivity contribution < 1.29 is 0 Å². The molecule has 0 saturated carbocycles. The van der Waals surface area contributed by atoms with Crippen molar-refractivity contribution in [1.82, 2.24) is 0 Å². The van der Waals surface area contributed by atoms with Crippen LogP contribution in [0.15, 0.2) is 41.6 Å². The van der Waals surface area contributed by atoms with Gasteiger partial charge in [-0.1, -0.05) is 30.4 Å². The highest BCUT2D eigenvalue weighted by atomic mass is 32.1. The number of aliphatic imine (C=N–C) groups is 1. The first-order valence-corrected chi connectivity index (χ1v) is 3.92. The maximum absolute atomic E-state index is 5.15. The van der Waals surface area contributed by atoms with E-state index >= 15 is 0 Å². The molecule has 0 aromatic rings. The Morgan fingerprint density at radius 2 is 2.18 bits per heavy atom. The van der Waals surface area contributed by atoms with Gasteiger partial charge in [-0.3, -0.25) is 4.99 Å². The summed E-state index contributed by atoms with van der Waals surface area (Å²) in [4.78, 5) is 5.17. The Bertz CT molecular complexity index is 308. The topological polar surface area (TPSA) is 12.4 Å². The molecule has 11 heavy (non-hydrogen) atoms. The first-order valence-electron chi connectivity index (χ1n) is 3.51. The second-order valence-corrected chi connectivity index (χ2v) is 2.97. The first kappa shape index (κ1) is 6.68. The second kappa shape index (κ2) is 2.55. The molecule has 54 valence electrons. The number of thiocarbonyl (C=S) groups is 1. The number of allylic oxidation sites excluding steroid dienone is 5. The van der Waals surface area contributed by atoms with Gasteiger partial charge in [0.05, 0.1) is 11.6 Å². The Morgan fingerprint density at radius 1 is 1.27 bits per heavy atom. The average molecular weight is 161 g/mol. The highest BCUT2D eigenvalue weighted by Gasteiger charge is 2.17. The van der Waals surface area contributed by atoms with Crippen LogP contribution in [0.25, 0.3) is 0 Å². The van der Waals surface area contributed by atoms with Gasteiger partial charge in [0.15, 0.2) is 0 Å². The van der Waals surface area contributed by atoms with Crippen molar-refractivity contribution in [1.29, 1.82) is 0 Å². The van der Waals surface area contributed by atoms with E-state index in [4.69, 9.17) is 12.2 Å². The average Bonchev–Trinajstić information content (AvgIpc) is 2.06. The van der Waals surface area contributed by atoms with E-state index in [1.54, 1.807) is 6.20 Å². The molecule has 0 bridgehead atoms. The summed E-state index contributed by atoms with van der Waals surface area (Å²) in [5.41, 5.74) is 1.06. The molecule has 1 atom stereocenters. The molecule has 0 fully saturated rings. The van der Waals surface area contributed by atoms with E-state index in [0.717, 1.165) is 10.6 Å². The summed E-state index contributed by atoms with van der Waals surface area (Å²) in [5.74, 6) is 0.250. The predicted octanol–water partition coefficient (Wildman–Crippen LogP) is 2.07. The van der Waals surface area contributed by atoms with Gasteiger partial charge >= 0.3 is 0 Å². The molecular formula is C9H7NS. The van der Waals surface area contributed by atoms with Crippen LogP contribution in [0.4, 0.5) is 0 Å². The molecule has 1 aliphatic carbocycles. The Labute approximate surface area is 70.8 Å². The fourth-order valence-corrected chi connectivity index (χ4v) is 1.46. The summed E-state index contributed by atoms with van der Waals surface area (Å²) in [5, 5.41) is 0. The molecule has 1 aliphatic heterocycles. The van der Waals surface area contributed by atoms with Crippen molar-refractivity contribution in [3.05, 3.63) is 36.6 Å². The van der Waals surface area contributed by atoms with E-state index in [1.807, 2.05) is 24.3 Å². The molecule has 0 amide bonds. The fourth-order valence-electron chi connectivity index (χ4n) is 1.20. The SMILES string of the molecule is S=C1C=CN=C2C=CC=CC12. The highest BCUT2D eigenvalue weighted by molar-refractivity contribution is 7.80. The van der Waals surface area contributed by atoms with Crippen molar-refractivity contribution in [2.45, 2.75) is 0 Å². The molecule has 0 N–H and O–H groups in total. The van der Waals surface area contributed by atoms with Gasteiger partial charge in [-0.15, -0.1) is 0 Å². The highest BCUT2D eigenvalue weighted by Crippen LogP contribution is 2.16. The molecule has 0 spiro atoms. The van der Waals surface area contributed by atoms with Crippen molar-refractivity contribution in [3.8, 4) is 0 Å². The molecule has 0 aromatic carbocycles. The first-order chi connectivity index (χ1) is 5.38. The van der Waals surface area contributed by atoms with Gasteiger partial charge in [-0.2, -0.15) is 0 Å². The van der Waals surface area contributed by atoms with Crippen molar-refractivity contribution in [3.63, 3.8) is 0 Å². The molecule has 0 radical (unpaired) electrons. The van der Waals surface area contributed by atoms with E-state index in [1.165, 1.54) is 0 Å². The van der Waals surface area contributed by atoms with Crippen LogP contribution in [-0.2, 0) is 0 Å². The third-order valence-electron chi connectivity index (χ3n) is 1.77. The summed E-state index contributed by atoms with van der Waals surface area (Å²) in [6.45, 7) is 0. The van der Waals surface area contributed by atoms with Gasteiger partial charge in [-0.05, 0) is 12.2 Å². The molecular weight excluding hydrogens is 154 g/mol. The van der Waals surface area contributed by atoms with Crippen LogP contribution in [0.5, 0.6) is 0 Å². The zero-order chi connectivity index (χ0) is 7.68. The van der Waals surface area contributed by atoms with Crippen LogP contribution < -0.4 is 0 Å². The number of rotatable bonds is 0. The minimum Gasteiger partial charge on any atom is -0.260 e. The maximum Gasteiger partial charge on any atom is 0.0549 e. The van der Waals surface area contributed by atoms with Gasteiger partial charge in [0.2, 0.25) is 0 Å². The lowest BCUT2D eigenvalue weighted by Crippen LogP contribution is -2.21. The molecule has 1 nitrogen and oxygen atoms in total. The van der Waals surface area contributed by atoms with Crippen LogP contribution in [-0.4, -0.2) is 10.6 Å². The Hall–Kier alpha value is -1.02. The third-order valence-corrected chi connectivity index (χ3v) is 2.16. The van der Waals surface area contributed by atoms with Crippen LogP contribution in [0.2, 0.25) is 0 Å². The third kappa shape index (κ3) is 1.10. The zero-order valence-corrected chi connectivity index (χ0v) is 6.71. The zero-order valence-electron chi connectivity index (χ0n) is 5.90. The molecule has 1 heterocycles. The second-order valence-electron chi connectivity index (χ2n) is 2.49. The van der Waals surface area contributed by atoms with Crippen LogP contribution in [0, 0.1) is 5.92 Å². The summed E-state index contributed by atoms with van der Waals surface area (Å²) in [6, 6.07) is 0. The summed E-state index contributed by atoms with van der Waals surface area (Å²) < 4.78 is 0. The minimum absolute atomic E-state index is 0.250. The largest absolute Gasteiger partial charge is 0.260 e. The van der Waals surface area contributed by atoms with Crippen molar-refractivity contribution in [2.75, 3.05) is 0 Å². The Kier molecular flexibility index (Phi) is 1.55. The van der Waals surface area contributed by atoms with Gasteiger partial charge in [0.25, 0.3) is 0 Å². The predicted molar refractivity (Wildman–Crippen MR) is 50.9 cm³/mol. The Morgan fingerprint density at radius 3 is 3.00 bits per heavy atom. The number of fused-ring (bicyclic) bond motifs is 1. The lowest BCUT2D eigenvalue weighted by Gasteiger charge is -2.16. The lowest BCUT2D eigenvalue weighted by atomic mass is 9.93. The van der Waals surface area contributed by atoms with Gasteiger partial charge in [0, 0.05) is 11.1 Å². The molecule has 0 saturated heterocycles. The number of hydrogen-bond acceptors (Lipinski definition) is 2. The fraction of sp³-hybridized carbons (Fsp3) is 0.111. The van der Waals surface area contributed by atoms with Gasteiger partial charge in [-0.25, -0.2) is 0 Å². The summed E-state index contributed by atoms with van der Waals surface area (Å²) in [7, 11) is 0. The van der Waals surface area contributed by atoms with E-state index in [0.29, 0.717) is 0 Å². The Balaban J connectivity index is 2.43. The van der Waals surface area contributed by atoms with Crippen molar-refractivity contribution in [2.24, 2.45) is 10.9 Å². The summed E-state index contributed by atoms with van der Waals surface area (Å²) >= 11 is 5.15. The van der Waals surface area contributed by atoms with Gasteiger partial charge < -0.3 is 0 Å². The number of nitrogens with zero attached hydrogens (tertiary/aromatic N) is 1. The van der Waals surface area contributed by atoms with Gasteiger partial charge in [0.1, 0.15) is 0 Å². The molecule has 2 aliphatic rings. The van der Waals surface area contributed by atoms with Crippen LogP contribution in [0.1, 0.15) is 0 Å².